The molecule has 152 valence electrons. The first kappa shape index (κ1) is 20.2. The normalized spacial score (nSPS) is 11.6. The van der Waals surface area contributed by atoms with E-state index >= 15 is 0 Å². The fourth-order valence-corrected chi connectivity index (χ4v) is 2.78. The van der Waals surface area contributed by atoms with Crippen molar-refractivity contribution in [2.75, 3.05) is 20.8 Å². The van der Waals surface area contributed by atoms with Crippen molar-refractivity contribution in [3.63, 3.8) is 0 Å². The second kappa shape index (κ2) is 9.09. The van der Waals surface area contributed by atoms with Crippen molar-refractivity contribution in [1.29, 1.82) is 0 Å². The smallest absolute Gasteiger partial charge is 0.255 e. The molecule has 0 aliphatic rings. The van der Waals surface area contributed by atoms with E-state index in [1.165, 1.54) is 0 Å². The summed E-state index contributed by atoms with van der Waals surface area (Å²) in [7, 11) is 3.12. The Hall–Kier alpha value is -3.55. The monoisotopic (exact) mass is 397 g/mol. The number of carbonyl (C=O) groups excluding carboxylic acids is 1. The molecular weight excluding hydrogens is 374 g/mol. The van der Waals surface area contributed by atoms with E-state index in [9.17, 15) is 4.79 Å². The number of para-hydroxylation sites is 1. The van der Waals surface area contributed by atoms with Gasteiger partial charge in [-0.1, -0.05) is 17.3 Å². The first-order valence-corrected chi connectivity index (χ1v) is 9.16. The molecule has 0 saturated heterocycles. The minimum Gasteiger partial charge on any atom is -0.493 e. The van der Waals surface area contributed by atoms with E-state index in [1.54, 1.807) is 57.5 Å². The van der Waals surface area contributed by atoms with E-state index in [0.717, 1.165) is 0 Å². The average Bonchev–Trinajstić information content (AvgIpc) is 3.24. The highest BCUT2D eigenvalue weighted by atomic mass is 16.5. The molecule has 0 saturated carbocycles. The fourth-order valence-electron chi connectivity index (χ4n) is 2.78. The number of benzene rings is 2. The summed E-state index contributed by atoms with van der Waals surface area (Å²) in [6, 6.07) is 11.9. The van der Waals surface area contributed by atoms with Gasteiger partial charge < -0.3 is 24.1 Å². The van der Waals surface area contributed by atoms with E-state index in [2.05, 4.69) is 15.5 Å². The van der Waals surface area contributed by atoms with Crippen LogP contribution in [0.4, 0.5) is 0 Å². The number of carbonyl (C=O) groups is 1. The lowest BCUT2D eigenvalue weighted by Crippen LogP contribution is -2.27. The molecule has 1 atom stereocenters. The maximum Gasteiger partial charge on any atom is 0.255 e. The Kier molecular flexibility index (Phi) is 6.33. The molecular formula is C21H23N3O5. The summed E-state index contributed by atoms with van der Waals surface area (Å²) in [5.41, 5.74) is 1.15. The van der Waals surface area contributed by atoms with Gasteiger partial charge in [0.15, 0.2) is 11.5 Å². The second-order valence-electron chi connectivity index (χ2n) is 6.15. The van der Waals surface area contributed by atoms with E-state index in [-0.39, 0.29) is 11.8 Å². The number of amides is 1. The van der Waals surface area contributed by atoms with Crippen molar-refractivity contribution in [1.82, 2.24) is 15.5 Å². The molecule has 8 heteroatoms. The fraction of sp³-hybridized carbons (Fsp3) is 0.286. The van der Waals surface area contributed by atoms with Crippen LogP contribution < -0.4 is 19.5 Å². The quantitative estimate of drug-likeness (QED) is 0.620. The number of aromatic nitrogens is 2. The molecule has 3 aromatic rings. The maximum atomic E-state index is 12.6. The summed E-state index contributed by atoms with van der Waals surface area (Å²) in [4.78, 5) is 17.0. The maximum absolute atomic E-state index is 12.6. The summed E-state index contributed by atoms with van der Waals surface area (Å²) >= 11 is 0. The predicted octanol–water partition coefficient (Wildman–Crippen LogP) is 3.64. The topological polar surface area (TPSA) is 95.7 Å². The zero-order valence-electron chi connectivity index (χ0n) is 16.8. The Morgan fingerprint density at radius 3 is 2.59 bits per heavy atom. The van der Waals surface area contributed by atoms with Crippen LogP contribution in [-0.2, 0) is 0 Å². The van der Waals surface area contributed by atoms with Gasteiger partial charge in [0.05, 0.1) is 26.4 Å². The molecule has 0 spiro atoms. The first-order chi connectivity index (χ1) is 14.1. The van der Waals surface area contributed by atoms with Gasteiger partial charge in [-0.2, -0.15) is 4.98 Å². The molecule has 2 aromatic carbocycles. The molecule has 1 amide bonds. The highest BCUT2D eigenvalue weighted by Gasteiger charge is 2.20. The van der Waals surface area contributed by atoms with Crippen molar-refractivity contribution in [2.24, 2.45) is 0 Å². The van der Waals surface area contributed by atoms with Gasteiger partial charge in [0.2, 0.25) is 11.7 Å². The molecule has 1 unspecified atom stereocenters. The van der Waals surface area contributed by atoms with Crippen molar-refractivity contribution < 1.29 is 23.5 Å². The predicted molar refractivity (Wildman–Crippen MR) is 106 cm³/mol. The average molecular weight is 397 g/mol. The number of nitrogens with zero attached hydrogens (tertiary/aromatic N) is 2. The molecule has 1 heterocycles. The van der Waals surface area contributed by atoms with Crippen LogP contribution in [-0.4, -0.2) is 36.9 Å². The Bertz CT molecular complexity index is 986. The molecule has 0 fully saturated rings. The Balaban J connectivity index is 1.76. The van der Waals surface area contributed by atoms with Gasteiger partial charge in [0, 0.05) is 5.56 Å². The summed E-state index contributed by atoms with van der Waals surface area (Å²) < 4.78 is 21.4. The highest BCUT2D eigenvalue weighted by molar-refractivity contribution is 5.97. The zero-order chi connectivity index (χ0) is 20.8. The Morgan fingerprint density at radius 2 is 1.86 bits per heavy atom. The minimum absolute atomic E-state index is 0.285. The number of methoxy groups -OCH3 is 2. The lowest BCUT2D eigenvalue weighted by atomic mass is 10.1. The number of hydrogen-bond donors (Lipinski definition) is 1. The van der Waals surface area contributed by atoms with Gasteiger partial charge >= 0.3 is 0 Å². The summed E-state index contributed by atoms with van der Waals surface area (Å²) in [6.07, 6.45) is 0. The zero-order valence-corrected chi connectivity index (χ0v) is 16.8. The lowest BCUT2D eigenvalue weighted by molar-refractivity contribution is 0.0928. The third-order valence-corrected chi connectivity index (χ3v) is 4.23. The molecule has 0 aliphatic carbocycles. The highest BCUT2D eigenvalue weighted by Crippen LogP contribution is 2.31. The van der Waals surface area contributed by atoms with E-state index in [4.69, 9.17) is 18.7 Å². The van der Waals surface area contributed by atoms with Crippen LogP contribution >= 0.6 is 0 Å². The molecule has 0 radical (unpaired) electrons. The van der Waals surface area contributed by atoms with Gasteiger partial charge in [0.25, 0.3) is 5.91 Å². The lowest BCUT2D eigenvalue weighted by Gasteiger charge is -2.12. The van der Waals surface area contributed by atoms with Crippen molar-refractivity contribution in [3.05, 3.63) is 53.9 Å². The van der Waals surface area contributed by atoms with Crippen LogP contribution in [0.1, 0.15) is 36.1 Å². The SMILES string of the molecule is CCOc1ccccc1C(=O)NC(C)c1nc(-c2ccc(OC)c(OC)c2)no1. The van der Waals surface area contributed by atoms with Crippen molar-refractivity contribution in [3.8, 4) is 28.6 Å². The number of hydrogen-bond acceptors (Lipinski definition) is 7. The third-order valence-electron chi connectivity index (χ3n) is 4.23. The van der Waals surface area contributed by atoms with Gasteiger partial charge in [0.1, 0.15) is 11.8 Å². The van der Waals surface area contributed by atoms with Crippen LogP contribution in [0.5, 0.6) is 17.2 Å². The van der Waals surface area contributed by atoms with Crippen molar-refractivity contribution >= 4 is 5.91 Å². The third kappa shape index (κ3) is 4.48. The first-order valence-electron chi connectivity index (χ1n) is 9.16. The second-order valence-corrected chi connectivity index (χ2v) is 6.15. The molecule has 1 aromatic heterocycles. The van der Waals surface area contributed by atoms with E-state index in [0.29, 0.717) is 40.8 Å². The molecule has 0 aliphatic heterocycles. The number of rotatable bonds is 8. The molecule has 0 bridgehead atoms. The minimum atomic E-state index is -0.487. The summed E-state index contributed by atoms with van der Waals surface area (Å²) in [5, 5.41) is 6.86. The molecule has 3 rings (SSSR count). The molecule has 1 N–H and O–H groups in total. The number of ether oxygens (including phenoxy) is 3. The van der Waals surface area contributed by atoms with Crippen LogP contribution in [0.3, 0.4) is 0 Å². The largest absolute Gasteiger partial charge is 0.493 e. The van der Waals surface area contributed by atoms with E-state index < -0.39 is 6.04 Å². The van der Waals surface area contributed by atoms with Crippen LogP contribution in [0.15, 0.2) is 47.0 Å². The van der Waals surface area contributed by atoms with E-state index in [1.807, 2.05) is 13.0 Å². The summed E-state index contributed by atoms with van der Waals surface area (Å²) in [5.74, 6) is 2.08. The van der Waals surface area contributed by atoms with Gasteiger partial charge in [-0.15, -0.1) is 0 Å². The standard InChI is InChI=1S/C21H23N3O5/c1-5-28-16-9-7-6-8-15(16)20(25)22-13(2)21-23-19(24-29-21)14-10-11-17(26-3)18(12-14)27-4/h6-13H,5H2,1-4H3,(H,22,25). The van der Waals surface area contributed by atoms with Crippen molar-refractivity contribution in [2.45, 2.75) is 19.9 Å². The van der Waals surface area contributed by atoms with Crippen LogP contribution in [0, 0.1) is 0 Å². The molecule has 8 nitrogen and oxygen atoms in total. The Labute approximate surface area is 168 Å². The van der Waals surface area contributed by atoms with Crippen LogP contribution in [0.25, 0.3) is 11.4 Å². The van der Waals surface area contributed by atoms with Gasteiger partial charge in [-0.05, 0) is 44.2 Å². The summed E-state index contributed by atoms with van der Waals surface area (Å²) in [6.45, 7) is 4.11. The van der Waals surface area contributed by atoms with Gasteiger partial charge in [-0.3, -0.25) is 4.79 Å². The molecule has 29 heavy (non-hydrogen) atoms. The van der Waals surface area contributed by atoms with Gasteiger partial charge in [-0.25, -0.2) is 0 Å². The number of nitrogens with one attached hydrogen (secondary N) is 1. The van der Waals surface area contributed by atoms with Crippen LogP contribution in [0.2, 0.25) is 0 Å². The Morgan fingerprint density at radius 1 is 1.10 bits per heavy atom.